The summed E-state index contributed by atoms with van der Waals surface area (Å²) in [7, 11) is 0. The van der Waals surface area contributed by atoms with E-state index < -0.39 is 0 Å². The van der Waals surface area contributed by atoms with Gasteiger partial charge in [-0.1, -0.05) is 35.8 Å². The summed E-state index contributed by atoms with van der Waals surface area (Å²) in [6.45, 7) is 5.98. The molecule has 0 aliphatic carbocycles. The van der Waals surface area contributed by atoms with Gasteiger partial charge >= 0.3 is 0 Å². The Balaban J connectivity index is 2.11. The maximum Gasteiger partial charge on any atom is 0.222 e. The Hall–Kier alpha value is -1.03. The van der Waals surface area contributed by atoms with Crippen molar-refractivity contribution in [3.63, 3.8) is 0 Å². The summed E-state index contributed by atoms with van der Waals surface area (Å²) < 4.78 is 0.976. The lowest BCUT2D eigenvalue weighted by atomic mass is 9.85. The molecule has 1 heterocycles. The summed E-state index contributed by atoms with van der Waals surface area (Å²) in [5.41, 5.74) is 7.85. The van der Waals surface area contributed by atoms with E-state index in [4.69, 9.17) is 5.73 Å². The van der Waals surface area contributed by atoms with Gasteiger partial charge in [0.25, 0.3) is 0 Å². The number of nitrogens with zero attached hydrogens (tertiary/aromatic N) is 1. The highest BCUT2D eigenvalue weighted by Crippen LogP contribution is 2.31. The second-order valence-corrected chi connectivity index (χ2v) is 6.93. The van der Waals surface area contributed by atoms with Crippen molar-refractivity contribution in [2.75, 3.05) is 12.3 Å². The van der Waals surface area contributed by atoms with Gasteiger partial charge in [0.05, 0.1) is 0 Å². The molecule has 0 bridgehead atoms. The molecule has 2 rings (SSSR count). The maximum atomic E-state index is 12.2. The number of carbonyl (C=O) groups is 1. The van der Waals surface area contributed by atoms with Gasteiger partial charge in [0.15, 0.2) is 0 Å². The monoisotopic (exact) mass is 324 g/mol. The Morgan fingerprint density at radius 1 is 1.37 bits per heavy atom. The molecule has 0 saturated carbocycles. The summed E-state index contributed by atoms with van der Waals surface area (Å²) in [4.78, 5) is 14.1. The van der Waals surface area contributed by atoms with Crippen LogP contribution in [0.3, 0.4) is 0 Å². The molecular formula is C15H21BrN2O. The third kappa shape index (κ3) is 3.72. The molecule has 1 aliphatic heterocycles. The van der Waals surface area contributed by atoms with Crippen LogP contribution in [0.2, 0.25) is 0 Å². The molecule has 3 nitrogen and oxygen atoms in total. The summed E-state index contributed by atoms with van der Waals surface area (Å²) in [5.74, 6) is 0.259. The van der Waals surface area contributed by atoms with Crippen LogP contribution in [0.15, 0.2) is 22.7 Å². The second kappa shape index (κ2) is 5.53. The average Bonchev–Trinajstić information content (AvgIpc) is 2.45. The van der Waals surface area contributed by atoms with Gasteiger partial charge in [-0.3, -0.25) is 4.79 Å². The quantitative estimate of drug-likeness (QED) is 0.845. The zero-order valence-electron chi connectivity index (χ0n) is 11.6. The number of amides is 1. The fourth-order valence-corrected chi connectivity index (χ4v) is 2.88. The van der Waals surface area contributed by atoms with E-state index in [9.17, 15) is 4.79 Å². The first kappa shape index (κ1) is 14.4. The van der Waals surface area contributed by atoms with Crippen LogP contribution in [-0.4, -0.2) is 17.4 Å². The maximum absolute atomic E-state index is 12.2. The highest BCUT2D eigenvalue weighted by Gasteiger charge is 2.27. The Morgan fingerprint density at radius 3 is 2.79 bits per heavy atom. The van der Waals surface area contributed by atoms with Gasteiger partial charge in [-0.25, -0.2) is 0 Å². The molecule has 104 valence electrons. The molecule has 0 aromatic heterocycles. The van der Waals surface area contributed by atoms with E-state index >= 15 is 0 Å². The van der Waals surface area contributed by atoms with E-state index in [2.05, 4.69) is 29.8 Å². The largest absolute Gasteiger partial charge is 0.399 e. The Bertz CT molecular complexity index is 485. The van der Waals surface area contributed by atoms with E-state index in [1.54, 1.807) is 0 Å². The average molecular weight is 325 g/mol. The van der Waals surface area contributed by atoms with Crippen molar-refractivity contribution in [2.45, 2.75) is 39.7 Å². The summed E-state index contributed by atoms with van der Waals surface area (Å²) in [6, 6.07) is 5.76. The third-order valence-corrected chi connectivity index (χ3v) is 4.60. The van der Waals surface area contributed by atoms with Crippen LogP contribution in [-0.2, 0) is 11.3 Å². The van der Waals surface area contributed by atoms with Gasteiger partial charge in [-0.15, -0.1) is 0 Å². The van der Waals surface area contributed by atoms with Gasteiger partial charge in [-0.05, 0) is 36.0 Å². The minimum atomic E-state index is 0.259. The lowest BCUT2D eigenvalue weighted by Gasteiger charge is -2.24. The highest BCUT2D eigenvalue weighted by atomic mass is 79.9. The number of nitrogens with two attached hydrogens (primary N) is 1. The topological polar surface area (TPSA) is 46.3 Å². The Labute approximate surface area is 123 Å². The molecule has 0 atom stereocenters. The molecule has 1 aromatic carbocycles. The molecular weight excluding hydrogens is 304 g/mol. The summed E-state index contributed by atoms with van der Waals surface area (Å²) >= 11 is 3.52. The zero-order chi connectivity index (χ0) is 14.0. The molecule has 0 unspecified atom stereocenters. The van der Waals surface area contributed by atoms with Gasteiger partial charge in [-0.2, -0.15) is 0 Å². The van der Waals surface area contributed by atoms with Crippen LogP contribution in [0.25, 0.3) is 0 Å². The normalized spacial score (nSPS) is 19.3. The number of anilines is 1. The van der Waals surface area contributed by atoms with Crippen molar-refractivity contribution in [1.82, 2.24) is 4.90 Å². The highest BCUT2D eigenvalue weighted by molar-refractivity contribution is 9.10. The van der Waals surface area contributed by atoms with E-state index in [1.807, 2.05) is 23.1 Å². The van der Waals surface area contributed by atoms with E-state index in [0.717, 1.165) is 35.1 Å². The van der Waals surface area contributed by atoms with Crippen LogP contribution >= 0.6 is 15.9 Å². The Kier molecular flexibility index (Phi) is 4.19. The van der Waals surface area contributed by atoms with Crippen LogP contribution in [0.4, 0.5) is 5.69 Å². The molecule has 19 heavy (non-hydrogen) atoms. The predicted octanol–water partition coefficient (Wildman–Crippen LogP) is 3.57. The zero-order valence-corrected chi connectivity index (χ0v) is 13.2. The number of carbonyl (C=O) groups excluding carboxylic acids is 1. The van der Waals surface area contributed by atoms with Gasteiger partial charge in [0.1, 0.15) is 0 Å². The number of hydrogen-bond acceptors (Lipinski definition) is 2. The molecule has 4 heteroatoms. The second-order valence-electron chi connectivity index (χ2n) is 6.08. The number of hydrogen-bond donors (Lipinski definition) is 1. The predicted molar refractivity (Wildman–Crippen MR) is 81.6 cm³/mol. The molecule has 1 aliphatic rings. The van der Waals surface area contributed by atoms with Crippen molar-refractivity contribution in [1.29, 1.82) is 0 Å². The number of likely N-dealkylation sites (tertiary alicyclic amines) is 1. The fourth-order valence-electron chi connectivity index (χ4n) is 2.36. The lowest BCUT2D eigenvalue weighted by Crippen LogP contribution is -2.30. The number of rotatable bonds is 2. The van der Waals surface area contributed by atoms with Crippen LogP contribution in [0.1, 0.15) is 38.7 Å². The van der Waals surface area contributed by atoms with Crippen LogP contribution in [0.5, 0.6) is 0 Å². The van der Waals surface area contributed by atoms with Crippen molar-refractivity contribution in [2.24, 2.45) is 5.41 Å². The standard InChI is InChI=1S/C15H21BrN2O/c1-15(2)6-5-14(19)18(8-7-15)10-11-3-4-12(17)9-13(11)16/h3-4,9H,5-8,10,17H2,1-2H3. The van der Waals surface area contributed by atoms with Gasteiger partial charge in [0.2, 0.25) is 5.91 Å². The minimum Gasteiger partial charge on any atom is -0.399 e. The first-order chi connectivity index (χ1) is 8.87. The molecule has 1 amide bonds. The first-order valence-electron chi connectivity index (χ1n) is 6.69. The summed E-state index contributed by atoms with van der Waals surface area (Å²) in [5, 5.41) is 0. The molecule has 1 saturated heterocycles. The van der Waals surface area contributed by atoms with Gasteiger partial charge < -0.3 is 10.6 Å². The molecule has 0 spiro atoms. The van der Waals surface area contributed by atoms with Crippen molar-refractivity contribution < 1.29 is 4.79 Å². The first-order valence-corrected chi connectivity index (χ1v) is 7.48. The fraction of sp³-hybridized carbons (Fsp3) is 0.533. The van der Waals surface area contributed by atoms with E-state index in [1.165, 1.54) is 0 Å². The third-order valence-electron chi connectivity index (χ3n) is 3.87. The minimum absolute atomic E-state index is 0.259. The Morgan fingerprint density at radius 2 is 2.11 bits per heavy atom. The number of benzene rings is 1. The SMILES string of the molecule is CC1(C)CCC(=O)N(Cc2ccc(N)cc2Br)CC1. The van der Waals surface area contributed by atoms with E-state index in [-0.39, 0.29) is 11.3 Å². The van der Waals surface area contributed by atoms with Crippen molar-refractivity contribution in [3.05, 3.63) is 28.2 Å². The summed E-state index contributed by atoms with van der Waals surface area (Å²) in [6.07, 6.45) is 2.69. The van der Waals surface area contributed by atoms with Crippen molar-refractivity contribution in [3.8, 4) is 0 Å². The molecule has 2 N–H and O–H groups in total. The lowest BCUT2D eigenvalue weighted by molar-refractivity contribution is -0.131. The smallest absolute Gasteiger partial charge is 0.222 e. The molecule has 1 fully saturated rings. The van der Waals surface area contributed by atoms with Crippen LogP contribution in [0, 0.1) is 5.41 Å². The van der Waals surface area contributed by atoms with Crippen molar-refractivity contribution >= 4 is 27.5 Å². The molecule has 0 radical (unpaired) electrons. The number of nitrogen functional groups attached to an aromatic ring is 1. The van der Waals surface area contributed by atoms with Crippen LogP contribution < -0.4 is 5.73 Å². The van der Waals surface area contributed by atoms with Gasteiger partial charge in [0, 0.05) is 29.7 Å². The molecule has 1 aromatic rings. The number of halogens is 1. The van der Waals surface area contributed by atoms with E-state index in [0.29, 0.717) is 13.0 Å².